The van der Waals surface area contributed by atoms with Crippen molar-refractivity contribution in [3.05, 3.63) is 58.9 Å². The second-order valence-corrected chi connectivity index (χ2v) is 7.56. The number of rotatable bonds is 7. The van der Waals surface area contributed by atoms with Crippen molar-refractivity contribution >= 4 is 33.2 Å². The Morgan fingerprint density at radius 3 is 2.60 bits per heavy atom. The van der Waals surface area contributed by atoms with Gasteiger partial charge in [0, 0.05) is 17.1 Å². The Balaban J connectivity index is 2.15. The van der Waals surface area contributed by atoms with E-state index < -0.39 is 21.7 Å². The Bertz CT molecular complexity index is 872. The van der Waals surface area contributed by atoms with Gasteiger partial charge in [0.1, 0.15) is 5.82 Å². The number of sulfonamides is 1. The van der Waals surface area contributed by atoms with Crippen LogP contribution in [-0.2, 0) is 10.0 Å². The smallest absolute Gasteiger partial charge is 0.255 e. The number of unbranched alkanes of at least 4 members (excludes halogenated alkanes) is 1. The van der Waals surface area contributed by atoms with Crippen molar-refractivity contribution in [3.63, 3.8) is 0 Å². The van der Waals surface area contributed by atoms with E-state index in [1.54, 1.807) is 12.1 Å². The maximum atomic E-state index is 14.2. The van der Waals surface area contributed by atoms with E-state index in [9.17, 15) is 17.6 Å². The fourth-order valence-electron chi connectivity index (χ4n) is 2.06. The molecule has 1 amide bonds. The third-order valence-corrected chi connectivity index (χ3v) is 5.10. The zero-order valence-corrected chi connectivity index (χ0v) is 15.1. The highest BCUT2D eigenvalue weighted by Crippen LogP contribution is 2.20. The minimum atomic E-state index is -3.78. The van der Waals surface area contributed by atoms with Crippen molar-refractivity contribution in [2.24, 2.45) is 0 Å². The summed E-state index contributed by atoms with van der Waals surface area (Å²) in [4.78, 5) is 11.9. The molecule has 0 aliphatic rings. The maximum absolute atomic E-state index is 14.2. The first-order chi connectivity index (χ1) is 11.8. The number of carbonyl (C=O) groups is 1. The lowest BCUT2D eigenvalue weighted by molar-refractivity contribution is 0.102. The van der Waals surface area contributed by atoms with Crippen LogP contribution >= 0.6 is 11.6 Å². The number of anilines is 1. The highest BCUT2D eigenvalue weighted by Gasteiger charge is 2.17. The lowest BCUT2D eigenvalue weighted by Crippen LogP contribution is -2.25. The summed E-state index contributed by atoms with van der Waals surface area (Å²) in [5.41, 5.74) is 0.155. The molecular formula is C17H18ClFN2O3S. The largest absolute Gasteiger partial charge is 0.319 e. The molecule has 8 heteroatoms. The molecule has 0 aromatic heterocycles. The van der Waals surface area contributed by atoms with Crippen LogP contribution < -0.4 is 10.0 Å². The van der Waals surface area contributed by atoms with Crippen LogP contribution in [0.4, 0.5) is 10.1 Å². The van der Waals surface area contributed by atoms with Crippen molar-refractivity contribution in [3.8, 4) is 0 Å². The molecule has 2 N–H and O–H groups in total. The summed E-state index contributed by atoms with van der Waals surface area (Å²) in [7, 11) is -3.78. The molecule has 2 rings (SSSR count). The van der Waals surface area contributed by atoms with E-state index in [2.05, 4.69) is 10.0 Å². The Labute approximate surface area is 151 Å². The Morgan fingerprint density at radius 2 is 1.96 bits per heavy atom. The van der Waals surface area contributed by atoms with E-state index in [-0.39, 0.29) is 22.7 Å². The molecule has 0 fully saturated rings. The van der Waals surface area contributed by atoms with Gasteiger partial charge in [-0.25, -0.2) is 17.5 Å². The summed E-state index contributed by atoms with van der Waals surface area (Å²) in [6.45, 7) is 2.22. The normalized spacial score (nSPS) is 11.3. The Morgan fingerprint density at radius 1 is 1.20 bits per heavy atom. The number of carbonyl (C=O) groups excluding carboxylic acids is 1. The molecule has 0 radical (unpaired) electrons. The van der Waals surface area contributed by atoms with Gasteiger partial charge in [-0.1, -0.05) is 31.0 Å². The molecule has 0 saturated carbocycles. The zero-order chi connectivity index (χ0) is 18.4. The summed E-state index contributed by atoms with van der Waals surface area (Å²) in [5.74, 6) is -1.38. The molecule has 0 saturated heterocycles. The first-order valence-corrected chi connectivity index (χ1v) is 9.55. The molecule has 2 aromatic rings. The number of halogens is 2. The lowest BCUT2D eigenvalue weighted by atomic mass is 10.2. The third-order valence-electron chi connectivity index (χ3n) is 3.41. The van der Waals surface area contributed by atoms with E-state index >= 15 is 0 Å². The molecule has 0 heterocycles. The standard InChI is InChI=1S/C17H18ClFN2O3S/c1-2-3-9-20-25(23,24)14-7-8-16(15(19)11-14)21-17(22)12-5-4-6-13(18)10-12/h4-8,10-11,20H,2-3,9H2,1H3,(H,21,22). The predicted octanol–water partition coefficient (Wildman–Crippen LogP) is 3.81. The summed E-state index contributed by atoms with van der Waals surface area (Å²) in [5, 5.41) is 2.78. The Kier molecular flexibility index (Phi) is 6.52. The highest BCUT2D eigenvalue weighted by molar-refractivity contribution is 7.89. The van der Waals surface area contributed by atoms with Crippen molar-refractivity contribution in [1.82, 2.24) is 4.72 Å². The lowest BCUT2D eigenvalue weighted by Gasteiger charge is -2.10. The van der Waals surface area contributed by atoms with Crippen molar-refractivity contribution in [1.29, 1.82) is 0 Å². The van der Waals surface area contributed by atoms with Gasteiger partial charge < -0.3 is 5.32 Å². The molecule has 0 bridgehead atoms. The highest BCUT2D eigenvalue weighted by atomic mass is 35.5. The zero-order valence-electron chi connectivity index (χ0n) is 13.6. The minimum Gasteiger partial charge on any atom is -0.319 e. The Hall–Kier alpha value is -1.96. The molecule has 134 valence electrons. The van der Waals surface area contributed by atoms with Crippen LogP contribution in [0.25, 0.3) is 0 Å². The van der Waals surface area contributed by atoms with Crippen LogP contribution in [0.3, 0.4) is 0 Å². The van der Waals surface area contributed by atoms with E-state index in [1.807, 2.05) is 6.92 Å². The molecular weight excluding hydrogens is 367 g/mol. The number of hydrogen-bond acceptors (Lipinski definition) is 3. The fourth-order valence-corrected chi connectivity index (χ4v) is 3.33. The van der Waals surface area contributed by atoms with Crippen LogP contribution in [0.15, 0.2) is 47.4 Å². The number of amides is 1. The first-order valence-electron chi connectivity index (χ1n) is 7.69. The van der Waals surface area contributed by atoms with Gasteiger partial charge in [-0.3, -0.25) is 4.79 Å². The van der Waals surface area contributed by atoms with Crippen molar-refractivity contribution in [2.75, 3.05) is 11.9 Å². The minimum absolute atomic E-state index is 0.113. The quantitative estimate of drug-likeness (QED) is 0.713. The van der Waals surface area contributed by atoms with Crippen LogP contribution in [-0.4, -0.2) is 20.9 Å². The van der Waals surface area contributed by atoms with Gasteiger partial charge >= 0.3 is 0 Å². The third kappa shape index (κ3) is 5.26. The number of benzene rings is 2. The average Bonchev–Trinajstić information content (AvgIpc) is 2.56. The van der Waals surface area contributed by atoms with Crippen LogP contribution in [0.2, 0.25) is 5.02 Å². The second-order valence-electron chi connectivity index (χ2n) is 5.36. The van der Waals surface area contributed by atoms with Gasteiger partial charge in [0.25, 0.3) is 5.91 Å². The summed E-state index contributed by atoms with van der Waals surface area (Å²) in [6, 6.07) is 9.54. The molecule has 25 heavy (non-hydrogen) atoms. The van der Waals surface area contributed by atoms with Gasteiger partial charge in [-0.2, -0.15) is 0 Å². The molecule has 5 nitrogen and oxygen atoms in total. The molecule has 2 aromatic carbocycles. The molecule has 0 atom stereocenters. The van der Waals surface area contributed by atoms with Crippen LogP contribution in [0, 0.1) is 5.82 Å². The van der Waals surface area contributed by atoms with Crippen molar-refractivity contribution < 1.29 is 17.6 Å². The molecule has 0 aliphatic carbocycles. The summed E-state index contributed by atoms with van der Waals surface area (Å²) < 4.78 is 40.7. The van der Waals surface area contributed by atoms with E-state index in [0.717, 1.165) is 12.5 Å². The SMILES string of the molecule is CCCCNS(=O)(=O)c1ccc(NC(=O)c2cccc(Cl)c2)c(F)c1. The van der Waals surface area contributed by atoms with E-state index in [1.165, 1.54) is 24.3 Å². The topological polar surface area (TPSA) is 75.3 Å². The predicted molar refractivity (Wildman–Crippen MR) is 95.9 cm³/mol. The van der Waals surface area contributed by atoms with Gasteiger partial charge in [-0.05, 0) is 42.8 Å². The van der Waals surface area contributed by atoms with Gasteiger partial charge in [0.05, 0.1) is 10.6 Å². The summed E-state index contributed by atoms with van der Waals surface area (Å²) >= 11 is 5.82. The second kappa shape index (κ2) is 8.42. The number of hydrogen-bond donors (Lipinski definition) is 2. The van der Waals surface area contributed by atoms with Gasteiger partial charge in [0.2, 0.25) is 10.0 Å². The van der Waals surface area contributed by atoms with Crippen LogP contribution in [0.5, 0.6) is 0 Å². The van der Waals surface area contributed by atoms with Crippen LogP contribution in [0.1, 0.15) is 30.1 Å². The van der Waals surface area contributed by atoms with Gasteiger partial charge in [-0.15, -0.1) is 0 Å². The number of nitrogens with one attached hydrogen (secondary N) is 2. The maximum Gasteiger partial charge on any atom is 0.255 e. The molecule has 0 spiro atoms. The first kappa shape index (κ1) is 19.4. The molecule has 0 unspecified atom stereocenters. The molecule has 0 aliphatic heterocycles. The fraction of sp³-hybridized carbons (Fsp3) is 0.235. The van der Waals surface area contributed by atoms with Crippen molar-refractivity contribution in [2.45, 2.75) is 24.7 Å². The van der Waals surface area contributed by atoms with E-state index in [0.29, 0.717) is 11.4 Å². The average molecular weight is 385 g/mol. The van der Waals surface area contributed by atoms with Gasteiger partial charge in [0.15, 0.2) is 0 Å². The van der Waals surface area contributed by atoms with E-state index in [4.69, 9.17) is 11.6 Å². The monoisotopic (exact) mass is 384 g/mol. The summed E-state index contributed by atoms with van der Waals surface area (Å²) in [6.07, 6.45) is 1.53.